The molecule has 0 spiro atoms. The molecule has 17 heavy (non-hydrogen) atoms. The molecule has 0 saturated carbocycles. The van der Waals surface area contributed by atoms with Crippen LogP contribution in [0.2, 0.25) is 0 Å². The van der Waals surface area contributed by atoms with Gasteiger partial charge in [-0.05, 0) is 30.7 Å². The third-order valence-corrected chi connectivity index (χ3v) is 4.44. The first kappa shape index (κ1) is 13.2. The van der Waals surface area contributed by atoms with Gasteiger partial charge < -0.3 is 5.11 Å². The molecule has 90 valence electrons. The van der Waals surface area contributed by atoms with Gasteiger partial charge in [0.25, 0.3) is 0 Å². The maximum atomic E-state index is 11.9. The van der Waals surface area contributed by atoms with E-state index < -0.39 is 21.1 Å². The fourth-order valence-electron chi connectivity index (χ4n) is 1.33. The van der Waals surface area contributed by atoms with Gasteiger partial charge in [0.1, 0.15) is 0 Å². The summed E-state index contributed by atoms with van der Waals surface area (Å²) in [6.07, 6.45) is 0.194. The Labute approximate surface area is 99.2 Å². The van der Waals surface area contributed by atoms with Crippen LogP contribution < -0.4 is 0 Å². The first-order chi connectivity index (χ1) is 7.93. The standard InChI is InChI=1S/C11H11NO4S/c1-2-9(7-12)17(15,16)10-5-3-8(4-6-10)11(13)14/h3-6,9H,2H2,1H3,(H,13,14). The van der Waals surface area contributed by atoms with Gasteiger partial charge >= 0.3 is 5.97 Å². The Hall–Kier alpha value is -1.87. The van der Waals surface area contributed by atoms with E-state index in [1.165, 1.54) is 24.3 Å². The van der Waals surface area contributed by atoms with Gasteiger partial charge in [-0.3, -0.25) is 0 Å². The second-order valence-corrected chi connectivity index (χ2v) is 5.53. The molecule has 0 saturated heterocycles. The summed E-state index contributed by atoms with van der Waals surface area (Å²) in [4.78, 5) is 10.6. The third-order valence-electron chi connectivity index (χ3n) is 2.32. The quantitative estimate of drug-likeness (QED) is 0.876. The molecular formula is C11H11NO4S. The molecule has 1 atom stereocenters. The van der Waals surface area contributed by atoms with Crippen LogP contribution in [0.5, 0.6) is 0 Å². The van der Waals surface area contributed by atoms with Gasteiger partial charge in [0.05, 0.1) is 16.5 Å². The number of carboxylic acids is 1. The molecule has 0 radical (unpaired) electrons. The van der Waals surface area contributed by atoms with Crippen LogP contribution in [0, 0.1) is 11.3 Å². The lowest BCUT2D eigenvalue weighted by Gasteiger charge is -2.08. The zero-order chi connectivity index (χ0) is 13.1. The summed E-state index contributed by atoms with van der Waals surface area (Å²) < 4.78 is 23.8. The van der Waals surface area contributed by atoms with E-state index in [-0.39, 0.29) is 16.9 Å². The number of nitrogens with zero attached hydrogens (tertiary/aromatic N) is 1. The summed E-state index contributed by atoms with van der Waals surface area (Å²) in [7, 11) is -3.70. The molecule has 0 aromatic heterocycles. The van der Waals surface area contributed by atoms with Crippen molar-refractivity contribution < 1.29 is 18.3 Å². The van der Waals surface area contributed by atoms with E-state index in [1.54, 1.807) is 13.0 Å². The van der Waals surface area contributed by atoms with Crippen molar-refractivity contribution in [2.45, 2.75) is 23.5 Å². The molecule has 0 heterocycles. The van der Waals surface area contributed by atoms with Gasteiger partial charge in [0.15, 0.2) is 15.1 Å². The third kappa shape index (κ3) is 2.63. The van der Waals surface area contributed by atoms with Gasteiger partial charge in [-0.15, -0.1) is 0 Å². The van der Waals surface area contributed by atoms with Gasteiger partial charge in [-0.2, -0.15) is 5.26 Å². The largest absolute Gasteiger partial charge is 0.478 e. The molecule has 0 aliphatic rings. The normalized spacial score (nSPS) is 12.7. The van der Waals surface area contributed by atoms with Gasteiger partial charge in [-0.1, -0.05) is 6.92 Å². The molecule has 1 aromatic carbocycles. The van der Waals surface area contributed by atoms with Gasteiger partial charge in [0, 0.05) is 0 Å². The molecule has 1 rings (SSSR count). The van der Waals surface area contributed by atoms with Crippen molar-refractivity contribution in [2.75, 3.05) is 0 Å². The van der Waals surface area contributed by atoms with Crippen LogP contribution in [0.15, 0.2) is 29.2 Å². The highest BCUT2D eigenvalue weighted by molar-refractivity contribution is 7.92. The molecule has 0 fully saturated rings. The van der Waals surface area contributed by atoms with E-state index in [0.29, 0.717) is 0 Å². The first-order valence-electron chi connectivity index (χ1n) is 4.90. The van der Waals surface area contributed by atoms with Crippen LogP contribution in [0.3, 0.4) is 0 Å². The number of carbonyl (C=O) groups is 1. The van der Waals surface area contributed by atoms with E-state index in [0.717, 1.165) is 0 Å². The first-order valence-corrected chi connectivity index (χ1v) is 6.45. The molecular weight excluding hydrogens is 242 g/mol. The number of benzene rings is 1. The fourth-order valence-corrected chi connectivity index (χ4v) is 2.75. The monoisotopic (exact) mass is 253 g/mol. The maximum absolute atomic E-state index is 11.9. The van der Waals surface area contributed by atoms with Crippen molar-refractivity contribution in [3.63, 3.8) is 0 Å². The highest BCUT2D eigenvalue weighted by Gasteiger charge is 2.25. The molecule has 5 nitrogen and oxygen atoms in total. The Bertz CT molecular complexity index is 554. The van der Waals surface area contributed by atoms with Crippen LogP contribution in [0.4, 0.5) is 0 Å². The molecule has 0 amide bonds. The summed E-state index contributed by atoms with van der Waals surface area (Å²) in [5.74, 6) is -1.12. The molecule has 0 bridgehead atoms. The Morgan fingerprint density at radius 1 is 1.41 bits per heavy atom. The Morgan fingerprint density at radius 3 is 2.29 bits per heavy atom. The topological polar surface area (TPSA) is 95.2 Å². The van der Waals surface area contributed by atoms with Crippen molar-refractivity contribution in [1.82, 2.24) is 0 Å². The minimum absolute atomic E-state index is 0.00829. The summed E-state index contributed by atoms with van der Waals surface area (Å²) >= 11 is 0. The molecule has 0 aliphatic heterocycles. The smallest absolute Gasteiger partial charge is 0.335 e. The summed E-state index contributed by atoms with van der Waals surface area (Å²) in [5, 5.41) is 16.3. The van der Waals surface area contributed by atoms with Crippen LogP contribution in [0.1, 0.15) is 23.7 Å². The number of nitriles is 1. The minimum atomic E-state index is -3.70. The number of hydrogen-bond donors (Lipinski definition) is 1. The zero-order valence-electron chi connectivity index (χ0n) is 9.12. The summed E-state index contributed by atoms with van der Waals surface area (Å²) in [6, 6.07) is 6.55. The van der Waals surface area contributed by atoms with Crippen molar-refractivity contribution in [1.29, 1.82) is 5.26 Å². The average molecular weight is 253 g/mol. The Morgan fingerprint density at radius 2 is 1.94 bits per heavy atom. The number of hydrogen-bond acceptors (Lipinski definition) is 4. The van der Waals surface area contributed by atoms with Crippen molar-refractivity contribution >= 4 is 15.8 Å². The predicted octanol–water partition coefficient (Wildman–Crippen LogP) is 1.46. The fraction of sp³-hybridized carbons (Fsp3) is 0.273. The summed E-state index contributed by atoms with van der Waals surface area (Å²) in [6.45, 7) is 1.61. The molecule has 1 N–H and O–H groups in total. The van der Waals surface area contributed by atoms with E-state index >= 15 is 0 Å². The van der Waals surface area contributed by atoms with Crippen LogP contribution in [-0.2, 0) is 9.84 Å². The highest BCUT2D eigenvalue weighted by atomic mass is 32.2. The number of carboxylic acid groups (broad SMARTS) is 1. The van der Waals surface area contributed by atoms with Crippen molar-refractivity contribution in [3.8, 4) is 6.07 Å². The van der Waals surface area contributed by atoms with Crippen molar-refractivity contribution in [2.24, 2.45) is 0 Å². The highest BCUT2D eigenvalue weighted by Crippen LogP contribution is 2.18. The molecule has 1 aromatic rings. The molecule has 0 aliphatic carbocycles. The average Bonchev–Trinajstić information content (AvgIpc) is 2.30. The van der Waals surface area contributed by atoms with Gasteiger partial charge in [0.2, 0.25) is 0 Å². The Balaban J connectivity index is 3.18. The second kappa shape index (κ2) is 4.97. The van der Waals surface area contributed by atoms with Crippen LogP contribution in [0.25, 0.3) is 0 Å². The van der Waals surface area contributed by atoms with E-state index in [9.17, 15) is 13.2 Å². The lowest BCUT2D eigenvalue weighted by Crippen LogP contribution is -2.18. The zero-order valence-corrected chi connectivity index (χ0v) is 9.94. The number of aromatic carboxylic acids is 1. The van der Waals surface area contributed by atoms with Gasteiger partial charge in [-0.25, -0.2) is 13.2 Å². The molecule has 1 unspecified atom stereocenters. The van der Waals surface area contributed by atoms with Crippen LogP contribution in [-0.4, -0.2) is 24.7 Å². The van der Waals surface area contributed by atoms with E-state index in [1.807, 2.05) is 0 Å². The van der Waals surface area contributed by atoms with Crippen LogP contribution >= 0.6 is 0 Å². The Kier molecular flexibility index (Phi) is 3.86. The predicted molar refractivity (Wildman–Crippen MR) is 60.3 cm³/mol. The lowest BCUT2D eigenvalue weighted by atomic mass is 10.2. The van der Waals surface area contributed by atoms with Crippen molar-refractivity contribution in [3.05, 3.63) is 29.8 Å². The SMILES string of the molecule is CCC(C#N)S(=O)(=O)c1ccc(C(=O)O)cc1. The summed E-state index contributed by atoms with van der Waals surface area (Å²) in [5.41, 5.74) is 0.00829. The molecule has 6 heteroatoms. The number of rotatable bonds is 4. The lowest BCUT2D eigenvalue weighted by molar-refractivity contribution is 0.0697. The number of sulfone groups is 1. The second-order valence-electron chi connectivity index (χ2n) is 3.40. The van der Waals surface area contributed by atoms with E-state index in [4.69, 9.17) is 10.4 Å². The van der Waals surface area contributed by atoms with E-state index in [2.05, 4.69) is 0 Å². The minimum Gasteiger partial charge on any atom is -0.478 e. The maximum Gasteiger partial charge on any atom is 0.335 e.